The minimum absolute atomic E-state index is 0.0488. The average Bonchev–Trinajstić information content (AvgIpc) is 2.78. The average molecular weight is 297 g/mol. The zero-order valence-electron chi connectivity index (χ0n) is 10.6. The number of hydrogen-bond donors (Lipinski definition) is 3. The summed E-state index contributed by atoms with van der Waals surface area (Å²) in [5.41, 5.74) is 4.55. The highest BCUT2D eigenvalue weighted by Gasteiger charge is 2.73. The Morgan fingerprint density at radius 2 is 2.25 bits per heavy atom. The molecule has 0 aliphatic heterocycles. The first-order chi connectivity index (χ1) is 9.45. The number of carbonyl (C=O) groups is 2. The van der Waals surface area contributed by atoms with Crippen LogP contribution in [-0.4, -0.2) is 32.9 Å². The summed E-state index contributed by atoms with van der Waals surface area (Å²) in [5, 5.41) is 18.4. The summed E-state index contributed by atoms with van der Waals surface area (Å²) in [4.78, 5) is 22.5. The molecule has 20 heavy (non-hydrogen) atoms. The highest BCUT2D eigenvalue weighted by molar-refractivity contribution is 7.99. The Kier molecular flexibility index (Phi) is 3.06. The fourth-order valence-electron chi connectivity index (χ4n) is 3.37. The van der Waals surface area contributed by atoms with E-state index in [1.165, 1.54) is 11.8 Å². The van der Waals surface area contributed by atoms with E-state index >= 15 is 0 Å². The smallest absolute Gasteiger partial charge is 0.324 e. The number of nitrogens with two attached hydrogens (primary N) is 1. The number of carboxylic acids is 2. The molecule has 2 saturated carbocycles. The van der Waals surface area contributed by atoms with Crippen molar-refractivity contribution in [3.05, 3.63) is 24.2 Å². The second-order valence-electron chi connectivity index (χ2n) is 5.45. The van der Waals surface area contributed by atoms with Gasteiger partial charge in [-0.25, -0.2) is 0 Å². The van der Waals surface area contributed by atoms with Crippen molar-refractivity contribution in [3.63, 3.8) is 0 Å². The van der Waals surface area contributed by atoms with Gasteiger partial charge in [-0.05, 0) is 24.5 Å². The second kappa shape index (κ2) is 4.53. The van der Waals surface area contributed by atoms with E-state index in [-0.39, 0.29) is 11.2 Å². The van der Waals surface area contributed by atoms with Gasteiger partial charge in [-0.3, -0.25) is 9.59 Å². The quantitative estimate of drug-likeness (QED) is 0.743. The molecular weight excluding hydrogens is 282 g/mol. The lowest BCUT2D eigenvalue weighted by atomic mass is 9.91. The van der Waals surface area contributed by atoms with E-state index in [4.69, 9.17) is 15.3 Å². The minimum atomic E-state index is -1.41. The molecule has 0 aromatic carbocycles. The first kappa shape index (κ1) is 13.5. The third-order valence-electron chi connectivity index (χ3n) is 4.34. The summed E-state index contributed by atoms with van der Waals surface area (Å²) in [5.74, 6) is -1.87. The molecule has 6 nitrogen and oxygen atoms in total. The lowest BCUT2D eigenvalue weighted by molar-refractivity contribution is -0.145. The van der Waals surface area contributed by atoms with E-state index in [0.29, 0.717) is 12.2 Å². The van der Waals surface area contributed by atoms with E-state index < -0.39 is 29.3 Å². The Morgan fingerprint density at radius 1 is 1.50 bits per heavy atom. The molecule has 5 unspecified atom stereocenters. The van der Waals surface area contributed by atoms with E-state index in [1.54, 1.807) is 12.3 Å². The van der Waals surface area contributed by atoms with E-state index in [9.17, 15) is 14.7 Å². The molecule has 2 fully saturated rings. The highest BCUT2D eigenvalue weighted by atomic mass is 32.2. The number of rotatable bonds is 5. The van der Waals surface area contributed by atoms with Crippen LogP contribution in [0, 0.1) is 17.8 Å². The molecule has 5 atom stereocenters. The lowest BCUT2D eigenvalue weighted by Gasteiger charge is -2.24. The topological polar surface area (TPSA) is 114 Å². The Hall–Kier alpha value is -1.47. The van der Waals surface area contributed by atoms with Gasteiger partial charge in [-0.1, -0.05) is 0 Å². The zero-order chi connectivity index (χ0) is 14.5. The molecule has 2 aliphatic rings. The molecule has 0 spiro atoms. The molecule has 1 aromatic rings. The zero-order valence-corrected chi connectivity index (χ0v) is 11.4. The summed E-state index contributed by atoms with van der Waals surface area (Å²) in [6, 6.07) is 3.63. The van der Waals surface area contributed by atoms with Crippen LogP contribution in [0.1, 0.15) is 12.2 Å². The number of thioether (sulfide) groups is 1. The molecule has 1 aromatic heterocycles. The van der Waals surface area contributed by atoms with Crippen LogP contribution >= 0.6 is 11.8 Å². The second-order valence-corrected chi connectivity index (χ2v) is 6.67. The predicted octanol–water partition coefficient (Wildman–Crippen LogP) is 1.01. The van der Waals surface area contributed by atoms with Crippen LogP contribution < -0.4 is 5.73 Å². The van der Waals surface area contributed by atoms with Gasteiger partial charge >= 0.3 is 11.9 Å². The van der Waals surface area contributed by atoms with Gasteiger partial charge in [0, 0.05) is 11.2 Å². The van der Waals surface area contributed by atoms with E-state index in [0.717, 1.165) is 5.76 Å². The molecule has 0 saturated heterocycles. The largest absolute Gasteiger partial charge is 0.481 e. The Bertz CT molecular complexity index is 545. The first-order valence-electron chi connectivity index (χ1n) is 6.34. The molecule has 4 N–H and O–H groups in total. The third-order valence-corrected chi connectivity index (χ3v) is 5.70. The standard InChI is InChI=1S/C13H15NO5S/c14-13(12(17)18)4-7(8-9(10(8)13)11(15)16)20-5-6-2-1-3-19-6/h1-3,7-10H,4-5,14H2,(H,15,16)(H,17,18). The SMILES string of the molecule is NC1(C(=O)O)CC(SCc2ccco2)C2C(C(=O)O)C21. The van der Waals surface area contributed by atoms with Gasteiger partial charge in [-0.2, -0.15) is 11.8 Å². The Labute approximate surface area is 119 Å². The highest BCUT2D eigenvalue weighted by Crippen LogP contribution is 2.64. The van der Waals surface area contributed by atoms with Gasteiger partial charge < -0.3 is 20.4 Å². The Morgan fingerprint density at radius 3 is 2.80 bits per heavy atom. The number of fused-ring (bicyclic) bond motifs is 1. The molecule has 108 valence electrons. The minimum Gasteiger partial charge on any atom is -0.481 e. The summed E-state index contributed by atoms with van der Waals surface area (Å²) in [7, 11) is 0. The maximum atomic E-state index is 11.4. The summed E-state index contributed by atoms with van der Waals surface area (Å²) in [6.45, 7) is 0. The molecule has 2 aliphatic carbocycles. The van der Waals surface area contributed by atoms with Crippen molar-refractivity contribution in [2.24, 2.45) is 23.5 Å². The van der Waals surface area contributed by atoms with Crippen LogP contribution in [0.2, 0.25) is 0 Å². The van der Waals surface area contributed by atoms with Crippen molar-refractivity contribution in [1.29, 1.82) is 0 Å². The maximum absolute atomic E-state index is 11.4. The fraction of sp³-hybridized carbons (Fsp3) is 0.538. The van der Waals surface area contributed by atoms with Crippen molar-refractivity contribution in [2.45, 2.75) is 23.0 Å². The Balaban J connectivity index is 1.73. The van der Waals surface area contributed by atoms with Gasteiger partial charge in [0.15, 0.2) is 0 Å². The van der Waals surface area contributed by atoms with Crippen molar-refractivity contribution in [1.82, 2.24) is 0 Å². The van der Waals surface area contributed by atoms with Crippen LogP contribution in [0.3, 0.4) is 0 Å². The monoisotopic (exact) mass is 297 g/mol. The van der Waals surface area contributed by atoms with Crippen LogP contribution in [0.4, 0.5) is 0 Å². The van der Waals surface area contributed by atoms with Gasteiger partial charge in [0.25, 0.3) is 0 Å². The predicted molar refractivity (Wildman–Crippen MR) is 71.1 cm³/mol. The molecule has 3 rings (SSSR count). The van der Waals surface area contributed by atoms with Gasteiger partial charge in [0.2, 0.25) is 0 Å². The van der Waals surface area contributed by atoms with Crippen molar-refractivity contribution in [3.8, 4) is 0 Å². The fourth-order valence-corrected chi connectivity index (χ4v) is 4.86. The number of aliphatic carboxylic acids is 2. The molecular formula is C13H15NO5S. The van der Waals surface area contributed by atoms with Crippen molar-refractivity contribution >= 4 is 23.7 Å². The molecule has 0 amide bonds. The van der Waals surface area contributed by atoms with Gasteiger partial charge in [0.05, 0.1) is 17.9 Å². The van der Waals surface area contributed by atoms with Crippen LogP contribution in [0.5, 0.6) is 0 Å². The molecule has 1 heterocycles. The normalized spacial score (nSPS) is 38.5. The lowest BCUT2D eigenvalue weighted by Crippen LogP contribution is -2.50. The maximum Gasteiger partial charge on any atom is 0.324 e. The third kappa shape index (κ3) is 1.92. The molecule has 0 bridgehead atoms. The molecule has 0 radical (unpaired) electrons. The summed E-state index contributed by atoms with van der Waals surface area (Å²) in [6.07, 6.45) is 1.89. The van der Waals surface area contributed by atoms with Crippen LogP contribution in [-0.2, 0) is 15.3 Å². The van der Waals surface area contributed by atoms with Gasteiger partial charge in [-0.15, -0.1) is 0 Å². The van der Waals surface area contributed by atoms with Crippen molar-refractivity contribution in [2.75, 3.05) is 0 Å². The van der Waals surface area contributed by atoms with E-state index in [1.807, 2.05) is 6.07 Å². The van der Waals surface area contributed by atoms with Crippen LogP contribution in [0.25, 0.3) is 0 Å². The molecule has 7 heteroatoms. The summed E-state index contributed by atoms with van der Waals surface area (Å²) >= 11 is 1.53. The van der Waals surface area contributed by atoms with Crippen LogP contribution in [0.15, 0.2) is 22.8 Å². The number of carboxylic acid groups (broad SMARTS) is 2. The van der Waals surface area contributed by atoms with E-state index in [2.05, 4.69) is 0 Å². The van der Waals surface area contributed by atoms with Crippen molar-refractivity contribution < 1.29 is 24.2 Å². The van der Waals surface area contributed by atoms with Gasteiger partial charge in [0.1, 0.15) is 11.3 Å². The first-order valence-corrected chi connectivity index (χ1v) is 7.39. The number of hydrogen-bond acceptors (Lipinski definition) is 5. The summed E-state index contributed by atoms with van der Waals surface area (Å²) < 4.78 is 5.23. The number of furan rings is 1.